The summed E-state index contributed by atoms with van der Waals surface area (Å²) in [4.78, 5) is 10.8. The Kier molecular flexibility index (Phi) is 5.91. The van der Waals surface area contributed by atoms with Crippen molar-refractivity contribution in [2.45, 2.75) is 30.5 Å². The van der Waals surface area contributed by atoms with Gasteiger partial charge in [-0.2, -0.15) is 0 Å². The van der Waals surface area contributed by atoms with Crippen molar-refractivity contribution in [1.29, 1.82) is 0 Å². The summed E-state index contributed by atoms with van der Waals surface area (Å²) in [6.45, 7) is 2.87. The first-order valence-electron chi connectivity index (χ1n) is 7.10. The maximum absolute atomic E-state index is 12.6. The highest BCUT2D eigenvalue weighted by molar-refractivity contribution is 9.09. The maximum atomic E-state index is 12.6. The van der Waals surface area contributed by atoms with E-state index in [1.165, 1.54) is 12.1 Å². The third kappa shape index (κ3) is 4.84. The Morgan fingerprint density at radius 1 is 1.48 bits per heavy atom. The zero-order valence-corrected chi connectivity index (χ0v) is 13.9. The predicted octanol–water partition coefficient (Wildman–Crippen LogP) is 4.09. The number of carbonyl (C=O) groups excluding carboxylic acids is 1. The van der Waals surface area contributed by atoms with Crippen molar-refractivity contribution in [3.63, 3.8) is 0 Å². The molecule has 1 saturated heterocycles. The molecule has 0 saturated carbocycles. The molecule has 0 aromatic heterocycles. The fourth-order valence-electron chi connectivity index (χ4n) is 2.38. The molecule has 2 atom stereocenters. The first kappa shape index (κ1) is 18.1. The van der Waals surface area contributed by atoms with Crippen LogP contribution in [0.4, 0.5) is 13.2 Å². The molecule has 1 aliphatic heterocycles. The maximum Gasteiger partial charge on any atom is 0.573 e. The van der Waals surface area contributed by atoms with Crippen LogP contribution in [0.2, 0.25) is 0 Å². The van der Waals surface area contributed by atoms with Gasteiger partial charge in [0.05, 0.1) is 13.2 Å². The minimum absolute atomic E-state index is 0.0881. The zero-order chi connectivity index (χ0) is 17.0. The number of carbonyl (C=O) groups is 1. The van der Waals surface area contributed by atoms with Gasteiger partial charge in [-0.15, -0.1) is 13.2 Å². The molecular formula is C15H16BrF3O4. The summed E-state index contributed by atoms with van der Waals surface area (Å²) in [5.74, 6) is -0.995. The average molecular weight is 397 g/mol. The van der Waals surface area contributed by atoms with Crippen molar-refractivity contribution in [2.75, 3.05) is 19.8 Å². The van der Waals surface area contributed by atoms with Crippen LogP contribution in [0.3, 0.4) is 0 Å². The van der Waals surface area contributed by atoms with Gasteiger partial charge in [0.1, 0.15) is 10.6 Å². The molecule has 23 heavy (non-hydrogen) atoms. The molecule has 0 bridgehead atoms. The Morgan fingerprint density at radius 2 is 2.22 bits per heavy atom. The molecule has 2 unspecified atom stereocenters. The van der Waals surface area contributed by atoms with E-state index < -0.39 is 22.9 Å². The minimum Gasteiger partial charge on any atom is -0.465 e. The summed E-state index contributed by atoms with van der Waals surface area (Å²) >= 11 is 3.10. The van der Waals surface area contributed by atoms with E-state index in [0.717, 1.165) is 12.0 Å². The highest BCUT2D eigenvalue weighted by atomic mass is 79.9. The Balaban J connectivity index is 2.35. The average Bonchev–Trinajstić information content (AvgIpc) is 3.00. The van der Waals surface area contributed by atoms with Crippen molar-refractivity contribution >= 4 is 21.9 Å². The van der Waals surface area contributed by atoms with Crippen molar-refractivity contribution in [3.05, 3.63) is 29.3 Å². The molecular weight excluding hydrogens is 381 g/mol. The summed E-state index contributed by atoms with van der Waals surface area (Å²) in [5.41, 5.74) is 0.894. The number of halogens is 4. The Bertz CT molecular complexity index is 556. The van der Waals surface area contributed by atoms with E-state index in [1.807, 2.05) is 0 Å². The van der Waals surface area contributed by atoms with E-state index in [9.17, 15) is 18.0 Å². The van der Waals surface area contributed by atoms with Gasteiger partial charge in [0.2, 0.25) is 0 Å². The number of hydrogen-bond donors (Lipinski definition) is 0. The number of esters is 1. The molecule has 0 aliphatic carbocycles. The van der Waals surface area contributed by atoms with Gasteiger partial charge >= 0.3 is 12.3 Å². The van der Waals surface area contributed by atoms with Crippen molar-refractivity contribution < 1.29 is 32.2 Å². The fraction of sp³-hybridized carbons (Fsp3) is 0.533. The molecule has 1 heterocycles. The lowest BCUT2D eigenvalue weighted by atomic mass is 9.95. The summed E-state index contributed by atoms with van der Waals surface area (Å²) in [7, 11) is 0. The molecule has 128 valence electrons. The van der Waals surface area contributed by atoms with Gasteiger partial charge in [-0.25, -0.2) is 0 Å². The zero-order valence-electron chi connectivity index (χ0n) is 12.4. The van der Waals surface area contributed by atoms with Crippen LogP contribution < -0.4 is 4.74 Å². The lowest BCUT2D eigenvalue weighted by Gasteiger charge is -2.18. The predicted molar refractivity (Wildman–Crippen MR) is 79.6 cm³/mol. The smallest absolute Gasteiger partial charge is 0.465 e. The van der Waals surface area contributed by atoms with E-state index in [-0.39, 0.29) is 18.1 Å². The Hall–Kier alpha value is -1.28. The number of hydrogen-bond acceptors (Lipinski definition) is 4. The van der Waals surface area contributed by atoms with Crippen LogP contribution >= 0.6 is 15.9 Å². The second kappa shape index (κ2) is 7.53. The monoisotopic (exact) mass is 396 g/mol. The van der Waals surface area contributed by atoms with Crippen molar-refractivity contribution in [3.8, 4) is 5.75 Å². The topological polar surface area (TPSA) is 44.8 Å². The van der Waals surface area contributed by atoms with Crippen LogP contribution in [-0.2, 0) is 14.3 Å². The minimum atomic E-state index is -4.84. The van der Waals surface area contributed by atoms with E-state index >= 15 is 0 Å². The van der Waals surface area contributed by atoms with Gasteiger partial charge in [-0.3, -0.25) is 4.79 Å². The second-order valence-electron chi connectivity index (χ2n) is 5.02. The SMILES string of the molecule is CCOC(=O)C(Br)c1cc(C2CCOC2)ccc1OC(F)(F)F. The van der Waals surface area contributed by atoms with Crippen LogP contribution in [0.25, 0.3) is 0 Å². The molecule has 0 spiro atoms. The molecule has 4 nitrogen and oxygen atoms in total. The van der Waals surface area contributed by atoms with E-state index in [1.54, 1.807) is 13.0 Å². The van der Waals surface area contributed by atoms with Crippen molar-refractivity contribution in [1.82, 2.24) is 0 Å². The van der Waals surface area contributed by atoms with Gasteiger partial charge in [-0.1, -0.05) is 22.0 Å². The van der Waals surface area contributed by atoms with Crippen LogP contribution in [0, 0.1) is 0 Å². The third-order valence-corrected chi connectivity index (χ3v) is 4.29. The number of alkyl halides is 4. The molecule has 0 amide bonds. The first-order valence-corrected chi connectivity index (χ1v) is 8.01. The Labute approximate surface area is 140 Å². The van der Waals surface area contributed by atoms with E-state index in [2.05, 4.69) is 20.7 Å². The second-order valence-corrected chi connectivity index (χ2v) is 5.94. The molecule has 1 aromatic rings. The third-order valence-electron chi connectivity index (χ3n) is 3.43. The van der Waals surface area contributed by atoms with Gasteiger partial charge in [0.15, 0.2) is 0 Å². The molecule has 1 aromatic carbocycles. The van der Waals surface area contributed by atoms with Crippen LogP contribution in [0.1, 0.15) is 35.2 Å². The van der Waals surface area contributed by atoms with Crippen LogP contribution in [0.5, 0.6) is 5.75 Å². The molecule has 1 aliphatic rings. The number of ether oxygens (including phenoxy) is 3. The van der Waals surface area contributed by atoms with E-state index in [0.29, 0.717) is 13.2 Å². The van der Waals surface area contributed by atoms with Gasteiger partial charge in [0, 0.05) is 18.1 Å². The molecule has 1 fully saturated rings. The quantitative estimate of drug-likeness (QED) is 0.555. The summed E-state index contributed by atoms with van der Waals surface area (Å²) < 4.78 is 51.9. The van der Waals surface area contributed by atoms with Crippen LogP contribution in [-0.4, -0.2) is 32.2 Å². The van der Waals surface area contributed by atoms with E-state index in [4.69, 9.17) is 9.47 Å². The lowest BCUT2D eigenvalue weighted by Crippen LogP contribution is -2.20. The molecule has 8 heteroatoms. The van der Waals surface area contributed by atoms with Gasteiger partial charge in [0.25, 0.3) is 0 Å². The Morgan fingerprint density at radius 3 is 2.78 bits per heavy atom. The van der Waals surface area contributed by atoms with Crippen LogP contribution in [0.15, 0.2) is 18.2 Å². The standard InChI is InChI=1S/C15H16BrF3O4/c1-2-22-14(20)13(16)11-7-9(10-5-6-21-8-10)3-4-12(11)23-15(17,18)19/h3-4,7,10,13H,2,5-6,8H2,1H3. The normalized spacial score (nSPS) is 19.4. The summed E-state index contributed by atoms with van der Waals surface area (Å²) in [5, 5.41) is 0. The largest absolute Gasteiger partial charge is 0.573 e. The fourth-order valence-corrected chi connectivity index (χ4v) is 2.87. The van der Waals surface area contributed by atoms with Gasteiger partial charge in [-0.05, 0) is 31.0 Å². The number of rotatable bonds is 5. The molecule has 0 N–H and O–H groups in total. The number of benzene rings is 1. The van der Waals surface area contributed by atoms with Crippen molar-refractivity contribution in [2.24, 2.45) is 0 Å². The first-order chi connectivity index (χ1) is 10.8. The highest BCUT2D eigenvalue weighted by Gasteiger charge is 2.34. The highest BCUT2D eigenvalue weighted by Crippen LogP contribution is 2.38. The molecule has 0 radical (unpaired) electrons. The summed E-state index contributed by atoms with van der Waals surface area (Å²) in [6.07, 6.45) is -4.06. The molecule has 2 rings (SSSR count). The summed E-state index contributed by atoms with van der Waals surface area (Å²) in [6, 6.07) is 4.33. The van der Waals surface area contributed by atoms with Gasteiger partial charge < -0.3 is 14.2 Å². The lowest BCUT2D eigenvalue weighted by molar-refractivity contribution is -0.274.